The Morgan fingerprint density at radius 2 is 1.95 bits per heavy atom. The minimum atomic E-state index is -0.258. The molecule has 1 aliphatic heterocycles. The van der Waals surface area contributed by atoms with E-state index in [1.807, 2.05) is 19.1 Å². The maximum atomic E-state index is 11.9. The quantitative estimate of drug-likeness (QED) is 0.833. The third kappa shape index (κ3) is 3.59. The number of imide groups is 1. The Hall–Kier alpha value is -2.37. The minimum absolute atomic E-state index is 0.0780. The predicted molar refractivity (Wildman–Crippen MR) is 76.9 cm³/mol. The number of nitrogens with one attached hydrogen (secondary N) is 1. The molecule has 1 heterocycles. The average molecular weight is 290 g/mol. The maximum Gasteiger partial charge on any atom is 0.229 e. The summed E-state index contributed by atoms with van der Waals surface area (Å²) in [5.41, 5.74) is 1.58. The lowest BCUT2D eigenvalue weighted by molar-refractivity contribution is -0.138. The standard InChI is InChI=1S/C15H18N2O4/c1-10-3-4-12(21-2)11(9-10)16-13(18)7-8-17-14(19)5-6-15(17)20/h3-4,9H,5-8H2,1-2H3,(H,16,18). The number of anilines is 1. The van der Waals surface area contributed by atoms with E-state index in [1.165, 1.54) is 7.11 Å². The number of benzene rings is 1. The van der Waals surface area contributed by atoms with Crippen molar-refractivity contribution < 1.29 is 19.1 Å². The lowest BCUT2D eigenvalue weighted by Crippen LogP contribution is -2.32. The van der Waals surface area contributed by atoms with Crippen LogP contribution in [0.15, 0.2) is 18.2 Å². The van der Waals surface area contributed by atoms with Crippen molar-refractivity contribution in [3.05, 3.63) is 23.8 Å². The van der Waals surface area contributed by atoms with Crippen molar-refractivity contribution in [1.82, 2.24) is 4.90 Å². The molecule has 6 heteroatoms. The van der Waals surface area contributed by atoms with Crippen molar-refractivity contribution in [3.8, 4) is 5.75 Å². The molecule has 1 fully saturated rings. The molecule has 0 bridgehead atoms. The van der Waals surface area contributed by atoms with Crippen LogP contribution in [0.25, 0.3) is 0 Å². The van der Waals surface area contributed by atoms with Gasteiger partial charge in [-0.05, 0) is 24.6 Å². The van der Waals surface area contributed by atoms with Gasteiger partial charge in [-0.2, -0.15) is 0 Å². The molecule has 0 saturated carbocycles. The number of hydrogen-bond acceptors (Lipinski definition) is 4. The van der Waals surface area contributed by atoms with E-state index in [9.17, 15) is 14.4 Å². The van der Waals surface area contributed by atoms with Crippen LogP contribution < -0.4 is 10.1 Å². The molecule has 0 unspecified atom stereocenters. The molecule has 0 spiro atoms. The van der Waals surface area contributed by atoms with Crippen LogP contribution in [-0.4, -0.2) is 36.3 Å². The van der Waals surface area contributed by atoms with Crippen molar-refractivity contribution >= 4 is 23.4 Å². The largest absolute Gasteiger partial charge is 0.495 e. The highest BCUT2D eigenvalue weighted by Crippen LogP contribution is 2.25. The SMILES string of the molecule is COc1ccc(C)cc1NC(=O)CCN1C(=O)CCC1=O. The van der Waals surface area contributed by atoms with E-state index in [0.717, 1.165) is 10.5 Å². The summed E-state index contributed by atoms with van der Waals surface area (Å²) in [6.07, 6.45) is 0.562. The number of hydrogen-bond donors (Lipinski definition) is 1. The molecule has 6 nitrogen and oxygen atoms in total. The van der Waals surface area contributed by atoms with Crippen molar-refractivity contribution in [2.45, 2.75) is 26.2 Å². The number of likely N-dealkylation sites (tertiary alicyclic amines) is 1. The summed E-state index contributed by atoms with van der Waals surface area (Å²) in [7, 11) is 1.53. The van der Waals surface area contributed by atoms with Crippen LogP contribution in [0.2, 0.25) is 0 Å². The Morgan fingerprint density at radius 3 is 2.57 bits per heavy atom. The van der Waals surface area contributed by atoms with Crippen LogP contribution in [0.1, 0.15) is 24.8 Å². The minimum Gasteiger partial charge on any atom is -0.495 e. The highest BCUT2D eigenvalue weighted by molar-refractivity contribution is 6.02. The fraction of sp³-hybridized carbons (Fsp3) is 0.400. The predicted octanol–water partition coefficient (Wildman–Crippen LogP) is 1.48. The van der Waals surface area contributed by atoms with E-state index in [4.69, 9.17) is 4.74 Å². The molecule has 0 aromatic heterocycles. The van der Waals surface area contributed by atoms with E-state index in [1.54, 1.807) is 6.07 Å². The molecule has 1 saturated heterocycles. The Balaban J connectivity index is 1.94. The molecule has 0 atom stereocenters. The molecule has 0 radical (unpaired) electrons. The smallest absolute Gasteiger partial charge is 0.229 e. The van der Waals surface area contributed by atoms with Gasteiger partial charge in [0.25, 0.3) is 0 Å². The number of nitrogens with zero attached hydrogens (tertiary/aromatic N) is 1. The van der Waals surface area contributed by atoms with Gasteiger partial charge in [-0.15, -0.1) is 0 Å². The fourth-order valence-electron chi connectivity index (χ4n) is 2.22. The molecular weight excluding hydrogens is 272 g/mol. The summed E-state index contributed by atoms with van der Waals surface area (Å²) < 4.78 is 5.18. The Bertz CT molecular complexity index is 567. The molecule has 1 aromatic rings. The molecule has 2 rings (SSSR count). The summed E-state index contributed by atoms with van der Waals surface area (Å²) in [4.78, 5) is 36.0. The van der Waals surface area contributed by atoms with E-state index in [-0.39, 0.29) is 43.5 Å². The maximum absolute atomic E-state index is 11.9. The zero-order valence-electron chi connectivity index (χ0n) is 12.1. The summed E-state index contributed by atoms with van der Waals surface area (Å²) in [6.45, 7) is 2.04. The van der Waals surface area contributed by atoms with Crippen LogP contribution in [-0.2, 0) is 14.4 Å². The van der Waals surface area contributed by atoms with E-state index in [2.05, 4.69) is 5.32 Å². The first-order valence-corrected chi connectivity index (χ1v) is 6.79. The fourth-order valence-corrected chi connectivity index (χ4v) is 2.22. The van der Waals surface area contributed by atoms with Gasteiger partial charge in [-0.25, -0.2) is 0 Å². The summed E-state index contributed by atoms with van der Waals surface area (Å²) in [6, 6.07) is 5.47. The Morgan fingerprint density at radius 1 is 1.29 bits per heavy atom. The average Bonchev–Trinajstić information content (AvgIpc) is 2.76. The first-order valence-electron chi connectivity index (χ1n) is 6.79. The highest BCUT2D eigenvalue weighted by atomic mass is 16.5. The second kappa shape index (κ2) is 6.39. The molecule has 1 N–H and O–H groups in total. The number of aryl methyl sites for hydroxylation is 1. The Kier molecular flexibility index (Phi) is 4.57. The molecule has 1 aliphatic rings. The normalized spacial score (nSPS) is 14.5. The van der Waals surface area contributed by atoms with Crippen LogP contribution in [0.5, 0.6) is 5.75 Å². The first kappa shape index (κ1) is 15.0. The summed E-state index contributed by atoms with van der Waals surface area (Å²) >= 11 is 0. The Labute approximate surface area is 123 Å². The third-order valence-electron chi connectivity index (χ3n) is 3.35. The second-order valence-electron chi connectivity index (χ2n) is 4.94. The molecule has 3 amide bonds. The molecule has 21 heavy (non-hydrogen) atoms. The van der Waals surface area contributed by atoms with Gasteiger partial charge in [0.2, 0.25) is 17.7 Å². The number of methoxy groups -OCH3 is 1. The van der Waals surface area contributed by atoms with E-state index < -0.39 is 0 Å². The van der Waals surface area contributed by atoms with Crippen molar-refractivity contribution in [2.24, 2.45) is 0 Å². The van der Waals surface area contributed by atoms with Gasteiger partial charge in [0, 0.05) is 25.8 Å². The lowest BCUT2D eigenvalue weighted by atomic mass is 10.2. The number of carbonyl (C=O) groups is 3. The first-order chi connectivity index (χ1) is 10.0. The lowest BCUT2D eigenvalue weighted by Gasteiger charge is -2.14. The van der Waals surface area contributed by atoms with Gasteiger partial charge in [-0.1, -0.05) is 6.07 Å². The van der Waals surface area contributed by atoms with Crippen LogP contribution in [0, 0.1) is 6.92 Å². The molecule has 0 aliphatic carbocycles. The highest BCUT2D eigenvalue weighted by Gasteiger charge is 2.28. The topological polar surface area (TPSA) is 75.7 Å². The number of ether oxygens (including phenoxy) is 1. The number of amides is 3. The van der Waals surface area contributed by atoms with Gasteiger partial charge in [0.1, 0.15) is 5.75 Å². The van der Waals surface area contributed by atoms with Crippen LogP contribution >= 0.6 is 0 Å². The number of carbonyl (C=O) groups excluding carboxylic acids is 3. The molecule has 1 aromatic carbocycles. The summed E-state index contributed by atoms with van der Waals surface area (Å²) in [5, 5.41) is 2.74. The van der Waals surface area contributed by atoms with E-state index in [0.29, 0.717) is 11.4 Å². The van der Waals surface area contributed by atoms with Gasteiger partial charge in [0.05, 0.1) is 12.8 Å². The number of rotatable bonds is 5. The van der Waals surface area contributed by atoms with Gasteiger partial charge < -0.3 is 10.1 Å². The van der Waals surface area contributed by atoms with E-state index >= 15 is 0 Å². The molecule has 112 valence electrons. The van der Waals surface area contributed by atoms with Crippen molar-refractivity contribution in [3.63, 3.8) is 0 Å². The van der Waals surface area contributed by atoms with Crippen molar-refractivity contribution in [2.75, 3.05) is 19.0 Å². The monoisotopic (exact) mass is 290 g/mol. The van der Waals surface area contributed by atoms with Crippen molar-refractivity contribution in [1.29, 1.82) is 0 Å². The second-order valence-corrected chi connectivity index (χ2v) is 4.94. The van der Waals surface area contributed by atoms with Gasteiger partial charge in [-0.3, -0.25) is 19.3 Å². The van der Waals surface area contributed by atoms with Crippen LogP contribution in [0.3, 0.4) is 0 Å². The third-order valence-corrected chi connectivity index (χ3v) is 3.35. The van der Waals surface area contributed by atoms with Gasteiger partial charge >= 0.3 is 0 Å². The zero-order valence-corrected chi connectivity index (χ0v) is 12.1. The summed E-state index contributed by atoms with van der Waals surface area (Å²) in [5.74, 6) is -0.101. The molecular formula is C15H18N2O4. The van der Waals surface area contributed by atoms with Gasteiger partial charge in [0.15, 0.2) is 0 Å². The zero-order chi connectivity index (χ0) is 15.4. The van der Waals surface area contributed by atoms with Crippen LogP contribution in [0.4, 0.5) is 5.69 Å².